The Hall–Kier alpha value is -1.57. The average Bonchev–Trinajstić information content (AvgIpc) is 3.12. The predicted molar refractivity (Wildman–Crippen MR) is 93.8 cm³/mol. The molecule has 0 bridgehead atoms. The van der Waals surface area contributed by atoms with E-state index in [1.54, 1.807) is 35.2 Å². The topological polar surface area (TPSA) is 83.6 Å². The minimum Gasteiger partial charge on any atom is -0.316 e. The first-order chi connectivity index (χ1) is 12.1. The van der Waals surface area contributed by atoms with E-state index in [2.05, 4.69) is 5.32 Å². The molecule has 0 saturated carbocycles. The molecule has 3 rings (SSSR count). The molecule has 2 fully saturated rings. The summed E-state index contributed by atoms with van der Waals surface area (Å²) in [4.78, 5) is 25.1. The zero-order valence-electron chi connectivity index (χ0n) is 14.1. The van der Waals surface area contributed by atoms with Gasteiger partial charge in [0.1, 0.15) is 5.37 Å². The van der Waals surface area contributed by atoms with Gasteiger partial charge in [-0.05, 0) is 44.4 Å². The van der Waals surface area contributed by atoms with Crippen molar-refractivity contribution in [2.24, 2.45) is 5.92 Å². The molecule has 0 aliphatic carbocycles. The van der Waals surface area contributed by atoms with Crippen LogP contribution in [0.5, 0.6) is 0 Å². The van der Waals surface area contributed by atoms with Gasteiger partial charge in [-0.2, -0.15) is 0 Å². The number of rotatable bonds is 6. The highest BCUT2D eigenvalue weighted by atomic mass is 32.2. The lowest BCUT2D eigenvalue weighted by Gasteiger charge is -2.38. The molecule has 0 spiro atoms. The fraction of sp³-hybridized carbons (Fsp3) is 0.556. The maximum Gasteiger partial charge on any atom is 0.212 e. The first kappa shape index (κ1) is 18.2. The third-order valence-electron chi connectivity index (χ3n) is 5.19. The molecule has 136 valence electrons. The van der Waals surface area contributed by atoms with Gasteiger partial charge in [0.2, 0.25) is 5.78 Å². The number of piperidine rings is 1. The summed E-state index contributed by atoms with van der Waals surface area (Å²) < 4.78 is 26.8. The van der Waals surface area contributed by atoms with Crippen LogP contribution in [0.3, 0.4) is 0 Å². The van der Waals surface area contributed by atoms with Crippen LogP contribution in [0, 0.1) is 5.92 Å². The highest BCUT2D eigenvalue weighted by Crippen LogP contribution is 2.33. The van der Waals surface area contributed by atoms with Crippen LogP contribution < -0.4 is 5.32 Å². The number of carbonyl (C=O) groups is 2. The fourth-order valence-corrected chi connectivity index (χ4v) is 6.22. The van der Waals surface area contributed by atoms with Gasteiger partial charge in [0.05, 0.1) is 10.9 Å². The second kappa shape index (κ2) is 7.76. The number of hydrogen-bond acceptors (Lipinski definition) is 6. The van der Waals surface area contributed by atoms with Crippen LogP contribution in [0.4, 0.5) is 0 Å². The summed E-state index contributed by atoms with van der Waals surface area (Å²) in [5.41, 5.74) is 0. The van der Waals surface area contributed by atoms with E-state index in [4.69, 9.17) is 0 Å². The first-order valence-corrected chi connectivity index (χ1v) is 10.3. The number of likely N-dealkylation sites (tertiary alicyclic amines) is 1. The van der Waals surface area contributed by atoms with Gasteiger partial charge in [0.25, 0.3) is 0 Å². The third-order valence-corrected chi connectivity index (χ3v) is 7.41. The lowest BCUT2D eigenvalue weighted by molar-refractivity contribution is -0.133. The van der Waals surface area contributed by atoms with Crippen LogP contribution in [0.1, 0.15) is 25.7 Å². The summed E-state index contributed by atoms with van der Waals surface area (Å²) in [5.74, 6) is -0.617. The molecule has 2 aliphatic rings. The van der Waals surface area contributed by atoms with Gasteiger partial charge in [-0.3, -0.25) is 14.5 Å². The lowest BCUT2D eigenvalue weighted by Crippen LogP contribution is -2.54. The molecule has 25 heavy (non-hydrogen) atoms. The van der Waals surface area contributed by atoms with Crippen molar-refractivity contribution in [3.05, 3.63) is 30.3 Å². The Kier molecular flexibility index (Phi) is 5.66. The number of nitrogens with zero attached hydrogens (tertiary/aromatic N) is 1. The molecule has 7 heteroatoms. The van der Waals surface area contributed by atoms with Crippen molar-refractivity contribution < 1.29 is 18.0 Å². The molecule has 2 aliphatic heterocycles. The Morgan fingerprint density at radius 2 is 1.96 bits per heavy atom. The number of nitrogens with one attached hydrogen (secondary N) is 1. The van der Waals surface area contributed by atoms with E-state index in [1.807, 2.05) is 0 Å². The molecule has 1 aromatic carbocycles. The van der Waals surface area contributed by atoms with Crippen molar-refractivity contribution in [2.45, 2.75) is 42.0 Å². The molecule has 3 unspecified atom stereocenters. The molecule has 0 amide bonds. The molecule has 3 atom stereocenters. The van der Waals surface area contributed by atoms with Gasteiger partial charge in [0.15, 0.2) is 16.1 Å². The largest absolute Gasteiger partial charge is 0.316 e. The van der Waals surface area contributed by atoms with Crippen molar-refractivity contribution in [3.8, 4) is 0 Å². The molecule has 1 aromatic rings. The van der Waals surface area contributed by atoms with Gasteiger partial charge < -0.3 is 5.32 Å². The number of carbonyl (C=O) groups excluding carboxylic acids is 2. The van der Waals surface area contributed by atoms with Crippen molar-refractivity contribution in [1.82, 2.24) is 10.2 Å². The standard InChI is InChI=1S/C18H24N2O4S/c21-13-17(22)16-9-5-11-20(16)18(14-6-4-10-19-12-14)25(23,24)15-7-2-1-3-8-15/h1-3,7-8,13-14,16,18-19H,4-6,9-12H2. The Balaban J connectivity index is 2.01. The predicted octanol–water partition coefficient (Wildman–Crippen LogP) is 1.02. The van der Waals surface area contributed by atoms with E-state index < -0.39 is 27.0 Å². The molecule has 1 N–H and O–H groups in total. The van der Waals surface area contributed by atoms with Crippen molar-refractivity contribution in [3.63, 3.8) is 0 Å². The lowest BCUT2D eigenvalue weighted by atomic mass is 9.98. The minimum atomic E-state index is -3.64. The molecular formula is C18H24N2O4S. The van der Waals surface area contributed by atoms with Crippen LogP contribution in [0.2, 0.25) is 0 Å². The van der Waals surface area contributed by atoms with Crippen LogP contribution in [-0.2, 0) is 19.4 Å². The third kappa shape index (κ3) is 3.68. The number of hydrogen-bond donors (Lipinski definition) is 1. The summed E-state index contributed by atoms with van der Waals surface area (Å²) >= 11 is 0. The molecule has 0 radical (unpaired) electrons. The van der Waals surface area contributed by atoms with Crippen LogP contribution in [-0.4, -0.2) is 56.4 Å². The van der Waals surface area contributed by atoms with Gasteiger partial charge in [-0.15, -0.1) is 0 Å². The van der Waals surface area contributed by atoms with Crippen molar-refractivity contribution in [1.29, 1.82) is 0 Å². The fourth-order valence-electron chi connectivity index (χ4n) is 4.05. The van der Waals surface area contributed by atoms with Gasteiger partial charge in [0, 0.05) is 19.0 Å². The Morgan fingerprint density at radius 1 is 1.20 bits per heavy atom. The maximum atomic E-state index is 13.4. The Morgan fingerprint density at radius 3 is 2.60 bits per heavy atom. The first-order valence-electron chi connectivity index (χ1n) is 8.80. The second-order valence-corrected chi connectivity index (χ2v) is 8.82. The van der Waals surface area contributed by atoms with E-state index in [-0.39, 0.29) is 10.8 Å². The van der Waals surface area contributed by atoms with E-state index in [9.17, 15) is 18.0 Å². The molecule has 0 aromatic heterocycles. The zero-order valence-corrected chi connectivity index (χ0v) is 15.0. The Bertz CT molecular complexity index is 714. The SMILES string of the molecule is O=CC(=O)C1CCCN1C(C1CCCNC1)S(=O)(=O)c1ccccc1. The van der Waals surface area contributed by atoms with Crippen molar-refractivity contribution >= 4 is 21.9 Å². The van der Waals surface area contributed by atoms with Gasteiger partial charge >= 0.3 is 0 Å². The van der Waals surface area contributed by atoms with E-state index in [0.717, 1.165) is 25.8 Å². The normalized spacial score (nSPS) is 26.2. The highest BCUT2D eigenvalue weighted by Gasteiger charge is 2.45. The van der Waals surface area contributed by atoms with E-state index >= 15 is 0 Å². The summed E-state index contributed by atoms with van der Waals surface area (Å²) in [5, 5.41) is 2.50. The monoisotopic (exact) mass is 364 g/mol. The zero-order chi connectivity index (χ0) is 17.9. The number of aldehydes is 1. The quantitative estimate of drug-likeness (QED) is 0.599. The summed E-state index contributed by atoms with van der Waals surface area (Å²) in [6.07, 6.45) is 3.30. The molecular weight excluding hydrogens is 340 g/mol. The van der Waals surface area contributed by atoms with Crippen LogP contribution in [0.15, 0.2) is 35.2 Å². The summed E-state index contributed by atoms with van der Waals surface area (Å²) in [7, 11) is -3.64. The molecule has 6 nitrogen and oxygen atoms in total. The van der Waals surface area contributed by atoms with E-state index in [0.29, 0.717) is 25.8 Å². The number of ketones is 1. The average molecular weight is 364 g/mol. The highest BCUT2D eigenvalue weighted by molar-refractivity contribution is 7.92. The summed E-state index contributed by atoms with van der Waals surface area (Å²) in [6.45, 7) is 2.01. The maximum absolute atomic E-state index is 13.4. The van der Waals surface area contributed by atoms with Gasteiger partial charge in [-0.1, -0.05) is 18.2 Å². The number of benzene rings is 1. The summed E-state index contributed by atoms with van der Waals surface area (Å²) in [6, 6.07) is 7.78. The van der Waals surface area contributed by atoms with Crippen LogP contribution >= 0.6 is 0 Å². The van der Waals surface area contributed by atoms with E-state index in [1.165, 1.54) is 0 Å². The number of Topliss-reactive ketones (excluding diaryl/α,β-unsaturated/α-hetero) is 1. The Labute approximate surface area is 148 Å². The minimum absolute atomic E-state index is 0.0981. The van der Waals surface area contributed by atoms with Crippen LogP contribution in [0.25, 0.3) is 0 Å². The van der Waals surface area contributed by atoms with Gasteiger partial charge in [-0.25, -0.2) is 8.42 Å². The molecule has 2 heterocycles. The molecule has 2 saturated heterocycles. The number of sulfone groups is 1. The second-order valence-electron chi connectivity index (χ2n) is 6.77. The van der Waals surface area contributed by atoms with Crippen molar-refractivity contribution in [2.75, 3.05) is 19.6 Å². The smallest absolute Gasteiger partial charge is 0.212 e.